The van der Waals surface area contributed by atoms with E-state index in [1.54, 1.807) is 7.11 Å². The maximum atomic E-state index is 5.75. The van der Waals surface area contributed by atoms with Gasteiger partial charge in [0.15, 0.2) is 5.82 Å². The molecule has 5 heteroatoms. The molecule has 2 heterocycles. The number of aromatic nitrogens is 3. The zero-order chi connectivity index (χ0) is 23.4. The molecule has 0 spiro atoms. The molecule has 0 aliphatic carbocycles. The molecule has 0 aliphatic heterocycles. The van der Waals surface area contributed by atoms with Gasteiger partial charge in [0.2, 0.25) is 5.88 Å². The Hall–Kier alpha value is -3.31. The van der Waals surface area contributed by atoms with Crippen LogP contribution in [0.25, 0.3) is 22.3 Å². The highest BCUT2D eigenvalue weighted by Gasteiger charge is 2.18. The first-order valence-corrected chi connectivity index (χ1v) is 11.6. The molecule has 170 valence electrons. The van der Waals surface area contributed by atoms with E-state index in [2.05, 4.69) is 68.0 Å². The van der Waals surface area contributed by atoms with E-state index in [1.165, 1.54) is 16.7 Å². The van der Waals surface area contributed by atoms with Crippen LogP contribution < -0.4 is 4.74 Å². The number of rotatable bonds is 8. The van der Waals surface area contributed by atoms with Gasteiger partial charge in [-0.25, -0.2) is 4.98 Å². The van der Waals surface area contributed by atoms with Crippen molar-refractivity contribution >= 4 is 10.9 Å². The van der Waals surface area contributed by atoms with Gasteiger partial charge in [0.1, 0.15) is 0 Å². The van der Waals surface area contributed by atoms with Crippen LogP contribution in [0, 0.1) is 6.92 Å². The Balaban J connectivity index is 1.62. The van der Waals surface area contributed by atoms with E-state index < -0.39 is 0 Å². The Bertz CT molecular complexity index is 1250. The van der Waals surface area contributed by atoms with Gasteiger partial charge < -0.3 is 4.74 Å². The van der Waals surface area contributed by atoms with Gasteiger partial charge >= 0.3 is 0 Å². The van der Waals surface area contributed by atoms with E-state index in [1.807, 2.05) is 24.4 Å². The number of benzene rings is 2. The van der Waals surface area contributed by atoms with E-state index >= 15 is 0 Å². The number of ether oxygens (including phenoxy) is 1. The van der Waals surface area contributed by atoms with Crippen molar-refractivity contribution in [3.05, 3.63) is 82.7 Å². The first-order chi connectivity index (χ1) is 16.0. The van der Waals surface area contributed by atoms with Crippen LogP contribution in [0.15, 0.2) is 54.7 Å². The minimum atomic E-state index is 0.647. The quantitative estimate of drug-likeness (QED) is 0.348. The van der Waals surface area contributed by atoms with Gasteiger partial charge in [0, 0.05) is 41.5 Å². The fraction of sp³-hybridized carbons (Fsp3) is 0.321. The van der Waals surface area contributed by atoms with Crippen molar-refractivity contribution in [2.75, 3.05) is 14.2 Å². The Morgan fingerprint density at radius 1 is 0.909 bits per heavy atom. The van der Waals surface area contributed by atoms with Crippen molar-refractivity contribution in [1.29, 1.82) is 0 Å². The van der Waals surface area contributed by atoms with Crippen molar-refractivity contribution in [1.82, 2.24) is 19.9 Å². The number of para-hydroxylation sites is 1. The van der Waals surface area contributed by atoms with Crippen LogP contribution in [0.3, 0.4) is 0 Å². The molecule has 0 amide bonds. The van der Waals surface area contributed by atoms with E-state index in [4.69, 9.17) is 14.7 Å². The lowest BCUT2D eigenvalue weighted by molar-refractivity contribution is 0.305. The van der Waals surface area contributed by atoms with E-state index in [9.17, 15) is 0 Å². The molecule has 0 unspecified atom stereocenters. The van der Waals surface area contributed by atoms with Crippen molar-refractivity contribution in [3.63, 3.8) is 0 Å². The number of hydrogen-bond acceptors (Lipinski definition) is 5. The summed E-state index contributed by atoms with van der Waals surface area (Å²) in [5.41, 5.74) is 7.84. The normalized spacial score (nSPS) is 11.3. The summed E-state index contributed by atoms with van der Waals surface area (Å²) < 4.78 is 5.75. The van der Waals surface area contributed by atoms with Crippen LogP contribution in [0.5, 0.6) is 5.88 Å². The van der Waals surface area contributed by atoms with Gasteiger partial charge in [-0.1, -0.05) is 50.2 Å². The van der Waals surface area contributed by atoms with Crippen LogP contribution in [0.2, 0.25) is 0 Å². The van der Waals surface area contributed by atoms with Gasteiger partial charge in [-0.15, -0.1) is 0 Å². The van der Waals surface area contributed by atoms with Gasteiger partial charge in [-0.3, -0.25) is 9.88 Å². The number of aryl methyl sites for hydroxylation is 3. The summed E-state index contributed by atoms with van der Waals surface area (Å²) in [5.74, 6) is 1.40. The van der Waals surface area contributed by atoms with Crippen LogP contribution in [0.4, 0.5) is 0 Å². The smallest absolute Gasteiger partial charge is 0.221 e. The summed E-state index contributed by atoms with van der Waals surface area (Å²) >= 11 is 0. The lowest BCUT2D eigenvalue weighted by Crippen LogP contribution is -2.19. The first-order valence-electron chi connectivity index (χ1n) is 11.6. The molecule has 0 atom stereocenters. The highest BCUT2D eigenvalue weighted by Crippen LogP contribution is 2.30. The van der Waals surface area contributed by atoms with E-state index in [0.29, 0.717) is 12.4 Å². The van der Waals surface area contributed by atoms with Crippen molar-refractivity contribution in [3.8, 4) is 17.3 Å². The summed E-state index contributed by atoms with van der Waals surface area (Å²) in [4.78, 5) is 16.6. The molecule has 2 aromatic heterocycles. The van der Waals surface area contributed by atoms with Crippen molar-refractivity contribution < 1.29 is 4.74 Å². The number of pyridine rings is 1. The topological polar surface area (TPSA) is 51.1 Å². The summed E-state index contributed by atoms with van der Waals surface area (Å²) in [6, 6.07) is 16.9. The third-order valence-electron chi connectivity index (χ3n) is 6.12. The first kappa shape index (κ1) is 22.9. The monoisotopic (exact) mass is 440 g/mol. The van der Waals surface area contributed by atoms with Crippen molar-refractivity contribution in [2.24, 2.45) is 0 Å². The summed E-state index contributed by atoms with van der Waals surface area (Å²) in [6.07, 6.45) is 3.84. The molecule has 5 nitrogen and oxygen atoms in total. The second kappa shape index (κ2) is 10.1. The Kier molecular flexibility index (Phi) is 6.99. The summed E-state index contributed by atoms with van der Waals surface area (Å²) in [7, 11) is 3.79. The summed E-state index contributed by atoms with van der Waals surface area (Å²) in [5, 5.41) is 1.16. The lowest BCUT2D eigenvalue weighted by Gasteiger charge is -2.20. The molecule has 0 saturated carbocycles. The van der Waals surface area contributed by atoms with Crippen LogP contribution >= 0.6 is 0 Å². The molecule has 4 aromatic rings. The fourth-order valence-corrected chi connectivity index (χ4v) is 4.40. The third kappa shape index (κ3) is 4.88. The SMILES string of the molecule is CCc1cccc(CC)c1-c1nc(C)c(CN(C)Cc2cnc3ccccc3c2)c(OC)n1. The van der Waals surface area contributed by atoms with Crippen LogP contribution in [0.1, 0.15) is 41.8 Å². The van der Waals surface area contributed by atoms with Crippen LogP contribution in [-0.4, -0.2) is 34.0 Å². The molecule has 0 fully saturated rings. The molecule has 0 radical (unpaired) electrons. The number of hydrogen-bond donors (Lipinski definition) is 0. The highest BCUT2D eigenvalue weighted by molar-refractivity contribution is 5.78. The van der Waals surface area contributed by atoms with Gasteiger partial charge in [0.25, 0.3) is 0 Å². The van der Waals surface area contributed by atoms with Gasteiger partial charge in [0.05, 0.1) is 12.6 Å². The Morgan fingerprint density at radius 2 is 1.64 bits per heavy atom. The molecular formula is C28H32N4O. The number of methoxy groups -OCH3 is 1. The van der Waals surface area contributed by atoms with Crippen LogP contribution in [-0.2, 0) is 25.9 Å². The molecule has 4 rings (SSSR count). The number of fused-ring (bicyclic) bond motifs is 1. The zero-order valence-corrected chi connectivity index (χ0v) is 20.2. The fourth-order valence-electron chi connectivity index (χ4n) is 4.40. The molecule has 0 N–H and O–H groups in total. The average Bonchev–Trinajstić information content (AvgIpc) is 2.84. The van der Waals surface area contributed by atoms with Gasteiger partial charge in [-0.2, -0.15) is 4.98 Å². The second-order valence-corrected chi connectivity index (χ2v) is 8.49. The molecule has 0 bridgehead atoms. The lowest BCUT2D eigenvalue weighted by atomic mass is 9.96. The van der Waals surface area contributed by atoms with E-state index in [0.717, 1.165) is 52.9 Å². The second-order valence-electron chi connectivity index (χ2n) is 8.49. The third-order valence-corrected chi connectivity index (χ3v) is 6.12. The Morgan fingerprint density at radius 3 is 2.33 bits per heavy atom. The zero-order valence-electron chi connectivity index (χ0n) is 20.2. The van der Waals surface area contributed by atoms with E-state index in [-0.39, 0.29) is 0 Å². The molecule has 0 aliphatic rings. The maximum absolute atomic E-state index is 5.75. The Labute approximate surface area is 196 Å². The number of nitrogens with zero attached hydrogens (tertiary/aromatic N) is 4. The summed E-state index contributed by atoms with van der Waals surface area (Å²) in [6.45, 7) is 7.87. The average molecular weight is 441 g/mol. The molecule has 0 saturated heterocycles. The highest BCUT2D eigenvalue weighted by atomic mass is 16.5. The minimum absolute atomic E-state index is 0.647. The van der Waals surface area contributed by atoms with Gasteiger partial charge in [-0.05, 0) is 55.6 Å². The molecule has 33 heavy (non-hydrogen) atoms. The minimum Gasteiger partial charge on any atom is -0.481 e. The molecular weight excluding hydrogens is 408 g/mol. The maximum Gasteiger partial charge on any atom is 0.221 e. The predicted molar refractivity (Wildman–Crippen MR) is 134 cm³/mol. The predicted octanol–water partition coefficient (Wildman–Crippen LogP) is 5.77. The largest absolute Gasteiger partial charge is 0.481 e. The standard InChI is InChI=1S/C28H32N4O/c1-6-21-12-10-13-22(7-2)26(21)27-30-19(3)24(28(31-27)33-5)18-32(4)17-20-15-23-11-8-9-14-25(23)29-16-20/h8-16H,6-7,17-18H2,1-5H3. The van der Waals surface area contributed by atoms with Crippen molar-refractivity contribution in [2.45, 2.75) is 46.7 Å². The molecule has 2 aromatic carbocycles.